The fourth-order valence-corrected chi connectivity index (χ4v) is 4.18. The van der Waals surface area contributed by atoms with Crippen LogP contribution in [-0.4, -0.2) is 44.9 Å². The highest BCUT2D eigenvalue weighted by Gasteiger charge is 2.24. The van der Waals surface area contributed by atoms with Gasteiger partial charge in [0.05, 0.1) is 16.7 Å². The van der Waals surface area contributed by atoms with E-state index < -0.39 is 0 Å². The van der Waals surface area contributed by atoms with Gasteiger partial charge < -0.3 is 10.2 Å². The summed E-state index contributed by atoms with van der Waals surface area (Å²) in [4.78, 5) is 26.8. The van der Waals surface area contributed by atoms with E-state index in [1.54, 1.807) is 18.6 Å². The maximum Gasteiger partial charge on any atom is 0.274 e. The first-order valence-corrected chi connectivity index (χ1v) is 9.84. The fourth-order valence-electron chi connectivity index (χ4n) is 3.32. The second-order valence-electron chi connectivity index (χ2n) is 6.44. The molecule has 1 fully saturated rings. The summed E-state index contributed by atoms with van der Waals surface area (Å²) in [7, 11) is 0. The van der Waals surface area contributed by atoms with Gasteiger partial charge >= 0.3 is 0 Å². The second-order valence-corrected chi connectivity index (χ2v) is 7.77. The zero-order chi connectivity index (χ0) is 18.8. The number of amides is 1. The molecule has 6 nitrogen and oxygen atoms in total. The molecule has 1 aliphatic rings. The average Bonchev–Trinajstić information content (AvgIpc) is 2.69. The first-order chi connectivity index (χ1) is 13.1. The van der Waals surface area contributed by atoms with Crippen molar-refractivity contribution in [3.05, 3.63) is 58.2 Å². The van der Waals surface area contributed by atoms with Crippen molar-refractivity contribution in [2.24, 2.45) is 0 Å². The lowest BCUT2D eigenvalue weighted by molar-refractivity contribution is 0.0712. The number of hydrogen-bond acceptors (Lipinski definition) is 5. The summed E-state index contributed by atoms with van der Waals surface area (Å²) < 4.78 is 0.917. The number of likely N-dealkylation sites (tertiary alicyclic amines) is 1. The largest absolute Gasteiger partial charge is 0.382 e. The van der Waals surface area contributed by atoms with E-state index in [1.165, 1.54) is 6.20 Å². The van der Waals surface area contributed by atoms with Crippen molar-refractivity contribution in [3.63, 3.8) is 0 Å². The summed E-state index contributed by atoms with van der Waals surface area (Å²) >= 11 is 9.81. The van der Waals surface area contributed by atoms with Crippen LogP contribution in [0.1, 0.15) is 23.3 Å². The highest BCUT2D eigenvalue weighted by Crippen LogP contribution is 2.32. The lowest BCUT2D eigenvalue weighted by atomic mass is 10.0. The molecular weight excluding hydrogens is 430 g/mol. The fraction of sp³-hybridized carbons (Fsp3) is 0.263. The van der Waals surface area contributed by atoms with Crippen molar-refractivity contribution < 1.29 is 4.79 Å². The van der Waals surface area contributed by atoms with Crippen molar-refractivity contribution in [1.82, 2.24) is 19.9 Å². The zero-order valence-electron chi connectivity index (χ0n) is 14.4. The van der Waals surface area contributed by atoms with Gasteiger partial charge in [0.25, 0.3) is 5.91 Å². The first kappa shape index (κ1) is 18.1. The van der Waals surface area contributed by atoms with Gasteiger partial charge in [-0.3, -0.25) is 14.8 Å². The minimum atomic E-state index is -0.0633. The number of carbonyl (C=O) groups is 1. The van der Waals surface area contributed by atoms with Crippen molar-refractivity contribution in [2.75, 3.05) is 18.4 Å². The van der Waals surface area contributed by atoms with Crippen molar-refractivity contribution in [3.8, 4) is 0 Å². The Balaban J connectivity index is 1.46. The van der Waals surface area contributed by atoms with E-state index in [4.69, 9.17) is 11.6 Å². The van der Waals surface area contributed by atoms with Crippen LogP contribution in [0.4, 0.5) is 5.69 Å². The van der Waals surface area contributed by atoms with E-state index in [1.807, 2.05) is 23.1 Å². The number of carbonyl (C=O) groups excluding carboxylic acids is 1. The summed E-state index contributed by atoms with van der Waals surface area (Å²) in [6.45, 7) is 1.36. The van der Waals surface area contributed by atoms with E-state index in [0.29, 0.717) is 23.8 Å². The van der Waals surface area contributed by atoms with E-state index in [-0.39, 0.29) is 11.9 Å². The van der Waals surface area contributed by atoms with Gasteiger partial charge in [-0.2, -0.15) is 0 Å². The maximum absolute atomic E-state index is 12.5. The minimum absolute atomic E-state index is 0.0633. The number of piperidine rings is 1. The Morgan fingerprint density at radius 1 is 1.19 bits per heavy atom. The molecule has 0 spiro atoms. The van der Waals surface area contributed by atoms with Gasteiger partial charge in [0.1, 0.15) is 5.69 Å². The van der Waals surface area contributed by atoms with Gasteiger partial charge in [-0.05, 0) is 31.0 Å². The molecule has 1 saturated heterocycles. The van der Waals surface area contributed by atoms with Gasteiger partial charge in [-0.1, -0.05) is 27.5 Å². The van der Waals surface area contributed by atoms with Crippen LogP contribution >= 0.6 is 27.5 Å². The lowest BCUT2D eigenvalue weighted by Gasteiger charge is -2.32. The summed E-state index contributed by atoms with van der Waals surface area (Å²) in [5.41, 5.74) is 2.17. The number of anilines is 1. The third kappa shape index (κ3) is 3.89. The predicted octanol–water partition coefficient (Wildman–Crippen LogP) is 4.16. The highest BCUT2D eigenvalue weighted by molar-refractivity contribution is 9.10. The van der Waals surface area contributed by atoms with Crippen LogP contribution in [0.15, 0.2) is 47.5 Å². The molecule has 4 rings (SSSR count). The Labute approximate surface area is 170 Å². The molecule has 1 N–H and O–H groups in total. The van der Waals surface area contributed by atoms with Gasteiger partial charge in [-0.15, -0.1) is 0 Å². The van der Waals surface area contributed by atoms with Crippen LogP contribution in [0, 0.1) is 0 Å². The molecule has 8 heteroatoms. The monoisotopic (exact) mass is 445 g/mol. The second kappa shape index (κ2) is 7.78. The number of halogens is 2. The third-order valence-electron chi connectivity index (χ3n) is 4.69. The maximum atomic E-state index is 12.5. The van der Waals surface area contributed by atoms with E-state index in [2.05, 4.69) is 36.2 Å². The molecule has 1 aromatic carbocycles. The normalized spacial score (nSPS) is 15.1. The van der Waals surface area contributed by atoms with Crippen LogP contribution < -0.4 is 5.32 Å². The van der Waals surface area contributed by atoms with E-state index in [9.17, 15) is 4.79 Å². The number of benzene rings is 1. The molecule has 1 amide bonds. The number of pyridine rings is 1. The van der Waals surface area contributed by atoms with Crippen LogP contribution in [0.3, 0.4) is 0 Å². The predicted molar refractivity (Wildman–Crippen MR) is 109 cm³/mol. The SMILES string of the molecule is O=C(c1cnccn1)N1CCC(Nc2ccnc3c(Cl)cc(Br)cc23)CC1. The molecule has 2 aromatic heterocycles. The summed E-state index contributed by atoms with van der Waals surface area (Å²) in [5, 5.41) is 5.19. The van der Waals surface area contributed by atoms with E-state index in [0.717, 1.165) is 33.9 Å². The molecule has 1 aliphatic heterocycles. The Morgan fingerprint density at radius 3 is 2.74 bits per heavy atom. The average molecular weight is 447 g/mol. The molecular formula is C19H17BrClN5O. The van der Waals surface area contributed by atoms with E-state index >= 15 is 0 Å². The number of nitrogens with zero attached hydrogens (tertiary/aromatic N) is 4. The van der Waals surface area contributed by atoms with Crippen LogP contribution in [0.25, 0.3) is 10.9 Å². The van der Waals surface area contributed by atoms with Gasteiger partial charge in [0, 0.05) is 53.3 Å². The molecule has 0 bridgehead atoms. The van der Waals surface area contributed by atoms with Crippen molar-refractivity contribution in [2.45, 2.75) is 18.9 Å². The highest BCUT2D eigenvalue weighted by atomic mass is 79.9. The molecule has 0 unspecified atom stereocenters. The Morgan fingerprint density at radius 2 is 2.00 bits per heavy atom. The molecule has 0 atom stereocenters. The molecule has 3 aromatic rings. The number of fused-ring (bicyclic) bond motifs is 1. The number of rotatable bonds is 3. The Bertz CT molecular complexity index is 977. The summed E-state index contributed by atoms with van der Waals surface area (Å²) in [5.74, 6) is -0.0633. The summed E-state index contributed by atoms with van der Waals surface area (Å²) in [6, 6.07) is 6.10. The molecule has 0 aliphatic carbocycles. The van der Waals surface area contributed by atoms with Gasteiger partial charge in [0.2, 0.25) is 0 Å². The van der Waals surface area contributed by atoms with Crippen molar-refractivity contribution >= 4 is 50.0 Å². The van der Waals surface area contributed by atoms with Gasteiger partial charge in [-0.25, -0.2) is 4.98 Å². The van der Waals surface area contributed by atoms with Gasteiger partial charge in [0.15, 0.2) is 0 Å². The molecule has 138 valence electrons. The Kier molecular flexibility index (Phi) is 5.22. The third-order valence-corrected chi connectivity index (χ3v) is 5.43. The molecule has 0 radical (unpaired) electrons. The minimum Gasteiger partial charge on any atom is -0.382 e. The van der Waals surface area contributed by atoms with Crippen LogP contribution in [-0.2, 0) is 0 Å². The molecule has 0 saturated carbocycles. The first-order valence-electron chi connectivity index (χ1n) is 8.67. The summed E-state index contributed by atoms with van der Waals surface area (Å²) in [6.07, 6.45) is 8.10. The topological polar surface area (TPSA) is 71.0 Å². The molecule has 27 heavy (non-hydrogen) atoms. The smallest absolute Gasteiger partial charge is 0.274 e. The lowest BCUT2D eigenvalue weighted by Crippen LogP contribution is -2.42. The quantitative estimate of drug-likeness (QED) is 0.654. The van der Waals surface area contributed by atoms with Crippen LogP contribution in [0.2, 0.25) is 5.02 Å². The van der Waals surface area contributed by atoms with Crippen molar-refractivity contribution in [1.29, 1.82) is 0 Å². The van der Waals surface area contributed by atoms with Crippen LogP contribution in [0.5, 0.6) is 0 Å². The standard InChI is InChI=1S/C19H17BrClN5O/c20-12-9-14-16(1-4-24-18(14)15(21)10-12)25-13-2-7-26(8-3-13)19(27)17-11-22-5-6-23-17/h1,4-6,9-11,13H,2-3,7-8H2,(H,24,25). The number of hydrogen-bond donors (Lipinski definition) is 1. The molecule has 3 heterocycles. The number of nitrogens with one attached hydrogen (secondary N) is 1. The number of aromatic nitrogens is 3. The zero-order valence-corrected chi connectivity index (χ0v) is 16.7. The Hall–Kier alpha value is -2.25.